The molecule has 1 aliphatic heterocycles. The zero-order chi connectivity index (χ0) is 13.4. The molecule has 0 bridgehead atoms. The van der Waals surface area contributed by atoms with Gasteiger partial charge in [0.25, 0.3) is 0 Å². The van der Waals surface area contributed by atoms with E-state index < -0.39 is 16.9 Å². The number of aromatic amines is 1. The summed E-state index contributed by atoms with van der Waals surface area (Å²) < 4.78 is 27.8. The molecule has 2 heterocycles. The summed E-state index contributed by atoms with van der Waals surface area (Å²) in [6, 6.07) is 3.73. The quantitative estimate of drug-likeness (QED) is 0.844. The maximum absolute atomic E-state index is 13.9. The van der Waals surface area contributed by atoms with Gasteiger partial charge >= 0.3 is 0 Å². The Balaban J connectivity index is 2.13. The Morgan fingerprint density at radius 1 is 1.32 bits per heavy atom. The third-order valence-electron chi connectivity index (χ3n) is 2.86. The van der Waals surface area contributed by atoms with Crippen LogP contribution in [-0.4, -0.2) is 21.9 Å². The van der Waals surface area contributed by atoms with Crippen LogP contribution >= 0.6 is 11.8 Å². The maximum Gasteiger partial charge on any atom is 0.235 e. The minimum absolute atomic E-state index is 0.0494. The number of hydrogen-bond acceptors (Lipinski definition) is 3. The van der Waals surface area contributed by atoms with Crippen LogP contribution in [0.4, 0.5) is 14.6 Å². The zero-order valence-electron chi connectivity index (χ0n) is 9.61. The van der Waals surface area contributed by atoms with Gasteiger partial charge in [0.15, 0.2) is 0 Å². The van der Waals surface area contributed by atoms with Gasteiger partial charge in [-0.25, -0.2) is 8.78 Å². The molecule has 19 heavy (non-hydrogen) atoms. The van der Waals surface area contributed by atoms with E-state index in [1.165, 1.54) is 36.2 Å². The van der Waals surface area contributed by atoms with E-state index in [4.69, 9.17) is 0 Å². The molecule has 1 aliphatic rings. The largest absolute Gasteiger partial charge is 0.310 e. The van der Waals surface area contributed by atoms with E-state index in [0.29, 0.717) is 11.4 Å². The SMILES string of the molecule is O=C1CS[C@H](c2c(F)cccc2F)c2cn[nH]c2N1. The zero-order valence-corrected chi connectivity index (χ0v) is 10.4. The fourth-order valence-electron chi connectivity index (χ4n) is 2.02. The standard InChI is InChI=1S/C12H9F2N3OS/c13-7-2-1-3-8(14)10(7)11-6-4-15-17-12(6)16-9(18)5-19-11/h1-4,11H,5H2,(H2,15,16,17,18)/t11-/m0/s1. The van der Waals surface area contributed by atoms with Crippen molar-refractivity contribution in [2.75, 3.05) is 11.1 Å². The number of nitrogens with zero attached hydrogens (tertiary/aromatic N) is 1. The van der Waals surface area contributed by atoms with Gasteiger partial charge < -0.3 is 5.32 Å². The molecule has 4 nitrogen and oxygen atoms in total. The number of H-pyrrole nitrogens is 1. The average Bonchev–Trinajstić information content (AvgIpc) is 2.75. The molecule has 98 valence electrons. The molecule has 2 aromatic rings. The number of rotatable bonds is 1. The third kappa shape index (κ3) is 2.10. The summed E-state index contributed by atoms with van der Waals surface area (Å²) in [6.45, 7) is 0. The van der Waals surface area contributed by atoms with E-state index in [0.717, 1.165) is 0 Å². The van der Waals surface area contributed by atoms with E-state index in [2.05, 4.69) is 15.5 Å². The van der Waals surface area contributed by atoms with Gasteiger partial charge in [0, 0.05) is 11.1 Å². The lowest BCUT2D eigenvalue weighted by Crippen LogP contribution is -2.12. The molecule has 1 amide bonds. The molecule has 2 N–H and O–H groups in total. The Morgan fingerprint density at radius 3 is 2.79 bits per heavy atom. The van der Waals surface area contributed by atoms with Crippen LogP contribution in [0.25, 0.3) is 0 Å². The Labute approximate surface area is 111 Å². The van der Waals surface area contributed by atoms with Gasteiger partial charge in [-0.3, -0.25) is 9.89 Å². The number of carbonyl (C=O) groups excluding carboxylic acids is 1. The summed E-state index contributed by atoms with van der Waals surface area (Å²) >= 11 is 1.17. The number of nitrogens with one attached hydrogen (secondary N) is 2. The second-order valence-corrected chi connectivity index (χ2v) is 5.17. The normalized spacial score (nSPS) is 18.6. The lowest BCUT2D eigenvalue weighted by Gasteiger charge is -2.15. The minimum atomic E-state index is -0.626. The van der Waals surface area contributed by atoms with Crippen molar-refractivity contribution in [2.45, 2.75) is 5.25 Å². The Hall–Kier alpha value is -1.89. The van der Waals surface area contributed by atoms with E-state index in [9.17, 15) is 13.6 Å². The first-order valence-electron chi connectivity index (χ1n) is 5.55. The topological polar surface area (TPSA) is 57.8 Å². The average molecular weight is 281 g/mol. The second-order valence-electron chi connectivity index (χ2n) is 4.07. The third-order valence-corrected chi connectivity index (χ3v) is 4.11. The number of benzene rings is 1. The summed E-state index contributed by atoms with van der Waals surface area (Å²) in [5.41, 5.74) is 0.520. The number of carbonyl (C=O) groups is 1. The molecule has 0 saturated carbocycles. The van der Waals surface area contributed by atoms with Crippen LogP contribution < -0.4 is 5.32 Å². The van der Waals surface area contributed by atoms with Crippen molar-refractivity contribution in [1.29, 1.82) is 0 Å². The van der Waals surface area contributed by atoms with Crippen molar-refractivity contribution >= 4 is 23.5 Å². The molecule has 0 saturated heterocycles. The molecule has 1 aromatic heterocycles. The lowest BCUT2D eigenvalue weighted by atomic mass is 10.1. The fourth-order valence-corrected chi connectivity index (χ4v) is 3.16. The van der Waals surface area contributed by atoms with Crippen LogP contribution in [-0.2, 0) is 4.79 Å². The molecule has 1 aromatic carbocycles. The van der Waals surface area contributed by atoms with Crippen molar-refractivity contribution in [1.82, 2.24) is 10.2 Å². The molecule has 0 spiro atoms. The molecule has 0 radical (unpaired) electrons. The van der Waals surface area contributed by atoms with Gasteiger partial charge in [-0.15, -0.1) is 11.8 Å². The van der Waals surface area contributed by atoms with Gasteiger partial charge in [0.2, 0.25) is 5.91 Å². The molecule has 0 aliphatic carbocycles. The Kier molecular flexibility index (Phi) is 2.98. The monoisotopic (exact) mass is 281 g/mol. The van der Waals surface area contributed by atoms with Crippen molar-refractivity contribution < 1.29 is 13.6 Å². The van der Waals surface area contributed by atoms with Gasteiger partial charge in [-0.05, 0) is 12.1 Å². The number of fused-ring (bicyclic) bond motifs is 1. The molecule has 3 rings (SSSR count). The summed E-state index contributed by atoms with van der Waals surface area (Å²) in [7, 11) is 0. The van der Waals surface area contributed by atoms with Gasteiger partial charge in [0.1, 0.15) is 17.5 Å². The number of aromatic nitrogens is 2. The minimum Gasteiger partial charge on any atom is -0.310 e. The van der Waals surface area contributed by atoms with Gasteiger partial charge in [0.05, 0.1) is 17.2 Å². The van der Waals surface area contributed by atoms with Gasteiger partial charge in [-0.2, -0.15) is 5.10 Å². The Bertz CT molecular complexity index is 623. The van der Waals surface area contributed by atoms with E-state index in [-0.39, 0.29) is 17.2 Å². The van der Waals surface area contributed by atoms with Crippen LogP contribution in [0.1, 0.15) is 16.4 Å². The van der Waals surface area contributed by atoms with Crippen LogP contribution in [0.15, 0.2) is 24.4 Å². The number of halogens is 2. The molecular formula is C12H9F2N3OS. The van der Waals surface area contributed by atoms with Gasteiger partial charge in [-0.1, -0.05) is 6.07 Å². The molecule has 1 atom stereocenters. The molecule has 0 fully saturated rings. The highest BCUT2D eigenvalue weighted by Gasteiger charge is 2.29. The number of hydrogen-bond donors (Lipinski definition) is 2. The number of thioether (sulfide) groups is 1. The summed E-state index contributed by atoms with van der Waals surface area (Å²) in [5.74, 6) is -0.962. The summed E-state index contributed by atoms with van der Waals surface area (Å²) in [5, 5.41) is 8.46. The maximum atomic E-state index is 13.9. The first-order chi connectivity index (χ1) is 9.16. The smallest absolute Gasteiger partial charge is 0.235 e. The first kappa shape index (κ1) is 12.2. The molecule has 0 unspecified atom stereocenters. The number of amides is 1. The van der Waals surface area contributed by atoms with Crippen LogP contribution in [0.5, 0.6) is 0 Å². The lowest BCUT2D eigenvalue weighted by molar-refractivity contribution is -0.113. The predicted octanol–water partition coefficient (Wildman–Crippen LogP) is 2.46. The Morgan fingerprint density at radius 2 is 2.05 bits per heavy atom. The van der Waals surface area contributed by atoms with Crippen molar-refractivity contribution in [3.05, 3.63) is 47.2 Å². The fraction of sp³-hybridized carbons (Fsp3) is 0.167. The van der Waals surface area contributed by atoms with Crippen LogP contribution in [0, 0.1) is 11.6 Å². The first-order valence-corrected chi connectivity index (χ1v) is 6.60. The summed E-state index contributed by atoms with van der Waals surface area (Å²) in [6.07, 6.45) is 1.48. The van der Waals surface area contributed by atoms with Crippen molar-refractivity contribution in [3.8, 4) is 0 Å². The number of anilines is 1. The van der Waals surface area contributed by atoms with Crippen LogP contribution in [0.2, 0.25) is 0 Å². The predicted molar refractivity (Wildman–Crippen MR) is 67.9 cm³/mol. The van der Waals surface area contributed by atoms with E-state index in [1.54, 1.807) is 0 Å². The van der Waals surface area contributed by atoms with Crippen molar-refractivity contribution in [2.24, 2.45) is 0 Å². The molecule has 7 heteroatoms. The highest BCUT2D eigenvalue weighted by atomic mass is 32.2. The van der Waals surface area contributed by atoms with Crippen LogP contribution in [0.3, 0.4) is 0 Å². The highest BCUT2D eigenvalue weighted by Crippen LogP contribution is 2.42. The summed E-state index contributed by atoms with van der Waals surface area (Å²) in [4.78, 5) is 11.5. The van der Waals surface area contributed by atoms with Crippen molar-refractivity contribution in [3.63, 3.8) is 0 Å². The van der Waals surface area contributed by atoms with E-state index in [1.807, 2.05) is 0 Å². The molecular weight excluding hydrogens is 272 g/mol. The second kappa shape index (κ2) is 4.65. The van der Waals surface area contributed by atoms with E-state index >= 15 is 0 Å². The highest BCUT2D eigenvalue weighted by molar-refractivity contribution is 8.00.